The first kappa shape index (κ1) is 16.6. The van der Waals surface area contributed by atoms with Crippen molar-refractivity contribution in [3.63, 3.8) is 0 Å². The molecule has 1 aromatic carbocycles. The summed E-state index contributed by atoms with van der Waals surface area (Å²) >= 11 is 0. The van der Waals surface area contributed by atoms with E-state index in [1.54, 1.807) is 13.0 Å². The standard InChI is InChI=1S/C15H15F2N3O3S/c1-10-6-14(20(18-10)13-4-2-12(16)3-5-13)19-8-11(7-15(19)21)9-24(17,22)23/h2-6,11H,7-9H2,1H3. The molecule has 1 fully saturated rings. The Kier molecular flexibility index (Phi) is 4.12. The van der Waals surface area contributed by atoms with Crippen LogP contribution in [0, 0.1) is 18.7 Å². The van der Waals surface area contributed by atoms with E-state index in [0.717, 1.165) is 0 Å². The normalized spacial score (nSPS) is 18.4. The maximum Gasteiger partial charge on any atom is 0.302 e. The number of nitrogens with zero attached hydrogens (tertiary/aromatic N) is 3. The summed E-state index contributed by atoms with van der Waals surface area (Å²) in [7, 11) is -4.64. The molecule has 1 unspecified atom stereocenters. The molecule has 0 spiro atoms. The fourth-order valence-electron chi connectivity index (χ4n) is 2.85. The third kappa shape index (κ3) is 3.45. The van der Waals surface area contributed by atoms with Crippen molar-refractivity contribution in [2.24, 2.45) is 5.92 Å². The third-order valence-electron chi connectivity index (χ3n) is 3.80. The lowest BCUT2D eigenvalue weighted by molar-refractivity contribution is -0.117. The zero-order valence-electron chi connectivity index (χ0n) is 12.8. The molecule has 0 aliphatic carbocycles. The monoisotopic (exact) mass is 355 g/mol. The summed E-state index contributed by atoms with van der Waals surface area (Å²) in [6.45, 7) is 1.84. The molecule has 6 nitrogen and oxygen atoms in total. The average molecular weight is 355 g/mol. The smallest absolute Gasteiger partial charge is 0.296 e. The predicted octanol–water partition coefficient (Wildman–Crippen LogP) is 1.97. The highest BCUT2D eigenvalue weighted by atomic mass is 32.3. The van der Waals surface area contributed by atoms with Gasteiger partial charge in [0.25, 0.3) is 0 Å². The second-order valence-corrected chi connectivity index (χ2v) is 7.22. The van der Waals surface area contributed by atoms with Gasteiger partial charge in [-0.3, -0.25) is 9.69 Å². The van der Waals surface area contributed by atoms with E-state index in [1.165, 1.54) is 33.8 Å². The van der Waals surface area contributed by atoms with Gasteiger partial charge < -0.3 is 0 Å². The van der Waals surface area contributed by atoms with Crippen LogP contribution < -0.4 is 4.90 Å². The molecule has 0 radical (unpaired) electrons. The van der Waals surface area contributed by atoms with Gasteiger partial charge >= 0.3 is 10.2 Å². The second-order valence-electron chi connectivity index (χ2n) is 5.81. The Morgan fingerprint density at radius 3 is 2.58 bits per heavy atom. The summed E-state index contributed by atoms with van der Waals surface area (Å²) in [5, 5.41) is 4.30. The largest absolute Gasteiger partial charge is 0.302 e. The van der Waals surface area contributed by atoms with Crippen molar-refractivity contribution in [1.82, 2.24) is 9.78 Å². The molecular weight excluding hydrogens is 340 g/mol. The highest BCUT2D eigenvalue weighted by Gasteiger charge is 2.35. The number of rotatable bonds is 4. The van der Waals surface area contributed by atoms with Crippen molar-refractivity contribution in [1.29, 1.82) is 0 Å². The van der Waals surface area contributed by atoms with Crippen LogP contribution in [0.4, 0.5) is 14.1 Å². The summed E-state index contributed by atoms with van der Waals surface area (Å²) in [6.07, 6.45) is -0.0448. The van der Waals surface area contributed by atoms with Crippen molar-refractivity contribution in [2.75, 3.05) is 17.2 Å². The maximum atomic E-state index is 13.1. The van der Waals surface area contributed by atoms with E-state index in [4.69, 9.17) is 0 Å². The van der Waals surface area contributed by atoms with Gasteiger partial charge in [0.15, 0.2) is 0 Å². The number of anilines is 1. The van der Waals surface area contributed by atoms with Gasteiger partial charge in [0, 0.05) is 24.9 Å². The number of aryl methyl sites for hydroxylation is 1. The van der Waals surface area contributed by atoms with Crippen LogP contribution in [0.15, 0.2) is 30.3 Å². The van der Waals surface area contributed by atoms with Gasteiger partial charge in [-0.15, -0.1) is 3.89 Å². The molecule has 1 aliphatic rings. The Morgan fingerprint density at radius 1 is 1.29 bits per heavy atom. The van der Waals surface area contributed by atoms with Gasteiger partial charge in [0.05, 0.1) is 17.1 Å². The van der Waals surface area contributed by atoms with Gasteiger partial charge in [-0.25, -0.2) is 9.07 Å². The van der Waals surface area contributed by atoms with Gasteiger partial charge in [0.2, 0.25) is 5.91 Å². The van der Waals surface area contributed by atoms with E-state index >= 15 is 0 Å². The molecule has 3 rings (SSSR count). The topological polar surface area (TPSA) is 72.3 Å². The summed E-state index contributed by atoms with van der Waals surface area (Å²) in [6, 6.07) is 7.28. The molecule has 2 heterocycles. The first-order valence-corrected chi connectivity index (χ1v) is 8.83. The van der Waals surface area contributed by atoms with Crippen LogP contribution in [0.1, 0.15) is 12.1 Å². The lowest BCUT2D eigenvalue weighted by Gasteiger charge is -2.18. The van der Waals surface area contributed by atoms with Gasteiger partial charge in [0.1, 0.15) is 11.6 Å². The highest BCUT2D eigenvalue weighted by molar-refractivity contribution is 7.86. The van der Waals surface area contributed by atoms with E-state index in [-0.39, 0.29) is 18.9 Å². The van der Waals surface area contributed by atoms with Crippen LogP contribution in [0.25, 0.3) is 5.69 Å². The molecule has 0 saturated carbocycles. The van der Waals surface area contributed by atoms with Crippen LogP contribution in [0.2, 0.25) is 0 Å². The van der Waals surface area contributed by atoms with E-state index in [0.29, 0.717) is 17.2 Å². The van der Waals surface area contributed by atoms with Crippen molar-refractivity contribution in [3.05, 3.63) is 41.8 Å². The Bertz CT molecular complexity index is 878. The fourth-order valence-corrected chi connectivity index (χ4v) is 3.63. The van der Waals surface area contributed by atoms with Crippen LogP contribution in [0.3, 0.4) is 0 Å². The van der Waals surface area contributed by atoms with Crippen LogP contribution >= 0.6 is 0 Å². The lowest BCUT2D eigenvalue weighted by atomic mass is 10.1. The van der Waals surface area contributed by atoms with Crippen LogP contribution in [-0.2, 0) is 15.0 Å². The molecule has 9 heteroatoms. The summed E-state index contributed by atoms with van der Waals surface area (Å²) in [5.74, 6) is -1.53. The highest BCUT2D eigenvalue weighted by Crippen LogP contribution is 2.29. The van der Waals surface area contributed by atoms with Crippen molar-refractivity contribution >= 4 is 21.9 Å². The van der Waals surface area contributed by atoms with Gasteiger partial charge in [-0.2, -0.15) is 13.5 Å². The van der Waals surface area contributed by atoms with Crippen LogP contribution in [0.5, 0.6) is 0 Å². The lowest BCUT2D eigenvalue weighted by Crippen LogP contribution is -2.27. The minimum absolute atomic E-state index is 0.0448. The Labute approximate surface area is 137 Å². The maximum absolute atomic E-state index is 13.1. The third-order valence-corrected chi connectivity index (χ3v) is 4.67. The predicted molar refractivity (Wildman–Crippen MR) is 83.6 cm³/mol. The number of carbonyl (C=O) groups excluding carboxylic acids is 1. The SMILES string of the molecule is Cc1cc(N2CC(CS(=O)(=O)F)CC2=O)n(-c2ccc(F)cc2)n1. The Hall–Kier alpha value is -2.29. The summed E-state index contributed by atoms with van der Waals surface area (Å²) in [4.78, 5) is 13.6. The molecule has 0 N–H and O–H groups in total. The molecule has 2 aromatic rings. The first-order valence-electron chi connectivity index (χ1n) is 7.28. The van der Waals surface area contributed by atoms with Crippen molar-refractivity contribution < 1.29 is 21.5 Å². The number of hydrogen-bond donors (Lipinski definition) is 0. The molecule has 1 amide bonds. The zero-order valence-corrected chi connectivity index (χ0v) is 13.6. The van der Waals surface area contributed by atoms with Gasteiger partial charge in [-0.1, -0.05) is 0 Å². The van der Waals surface area contributed by atoms with Crippen LogP contribution in [-0.4, -0.2) is 36.4 Å². The number of aromatic nitrogens is 2. The minimum atomic E-state index is -4.64. The minimum Gasteiger partial charge on any atom is -0.296 e. The van der Waals surface area contributed by atoms with Gasteiger partial charge in [-0.05, 0) is 31.2 Å². The average Bonchev–Trinajstić information content (AvgIpc) is 3.01. The quantitative estimate of drug-likeness (QED) is 0.786. The second kappa shape index (κ2) is 5.97. The molecule has 128 valence electrons. The van der Waals surface area contributed by atoms with E-state index in [2.05, 4.69) is 5.10 Å². The van der Waals surface area contributed by atoms with E-state index in [9.17, 15) is 21.5 Å². The number of carbonyl (C=O) groups is 1. The number of benzene rings is 1. The zero-order chi connectivity index (χ0) is 17.5. The number of hydrogen-bond acceptors (Lipinski definition) is 4. The Morgan fingerprint density at radius 2 is 1.96 bits per heavy atom. The molecule has 1 atom stereocenters. The van der Waals surface area contributed by atoms with E-state index in [1.807, 2.05) is 0 Å². The summed E-state index contributed by atoms with van der Waals surface area (Å²) in [5.41, 5.74) is 1.21. The molecule has 1 aliphatic heterocycles. The molecule has 24 heavy (non-hydrogen) atoms. The number of halogens is 2. The molecule has 1 saturated heterocycles. The fraction of sp³-hybridized carbons (Fsp3) is 0.333. The summed E-state index contributed by atoms with van der Waals surface area (Å²) < 4.78 is 49.1. The molecule has 1 aromatic heterocycles. The van der Waals surface area contributed by atoms with E-state index < -0.39 is 27.7 Å². The van der Waals surface area contributed by atoms with Crippen molar-refractivity contribution in [2.45, 2.75) is 13.3 Å². The molecule has 0 bridgehead atoms. The van der Waals surface area contributed by atoms with Crippen molar-refractivity contribution in [3.8, 4) is 5.69 Å². The Balaban J connectivity index is 1.93. The first-order chi connectivity index (χ1) is 11.2. The molecular formula is C15H15F2N3O3S. The number of amides is 1.